The molecule has 0 saturated carbocycles. The Morgan fingerprint density at radius 3 is 2.62 bits per heavy atom. The van der Waals surface area contributed by atoms with Crippen LogP contribution in [0.4, 0.5) is 5.69 Å². The minimum Gasteiger partial charge on any atom is -0.497 e. The molecule has 2 aliphatic rings. The lowest BCUT2D eigenvalue weighted by Gasteiger charge is -2.26. The second-order valence-electron chi connectivity index (χ2n) is 6.60. The van der Waals surface area contributed by atoms with Crippen molar-refractivity contribution in [2.45, 2.75) is 25.1 Å². The summed E-state index contributed by atoms with van der Waals surface area (Å²) in [5.41, 5.74) is 0.681. The first-order valence-electron chi connectivity index (χ1n) is 8.26. The number of amides is 1. The molecule has 0 N–H and O–H groups in total. The van der Waals surface area contributed by atoms with Gasteiger partial charge in [0, 0.05) is 17.2 Å². The monoisotopic (exact) mass is 398 g/mol. The van der Waals surface area contributed by atoms with Gasteiger partial charge in [0.2, 0.25) is 0 Å². The van der Waals surface area contributed by atoms with Gasteiger partial charge in [-0.1, -0.05) is 25.6 Å². The van der Waals surface area contributed by atoms with Crippen LogP contribution >= 0.6 is 11.8 Å². The number of rotatable bonds is 4. The summed E-state index contributed by atoms with van der Waals surface area (Å²) < 4.78 is 34.9. The zero-order valence-corrected chi connectivity index (χ0v) is 16.8. The van der Waals surface area contributed by atoms with Crippen molar-refractivity contribution in [1.29, 1.82) is 0 Å². The van der Waals surface area contributed by atoms with Crippen LogP contribution in [0.5, 0.6) is 11.5 Å². The van der Waals surface area contributed by atoms with Crippen LogP contribution in [-0.4, -0.2) is 56.5 Å². The fourth-order valence-electron chi connectivity index (χ4n) is 3.05. The first-order chi connectivity index (χ1) is 12.3. The molecule has 0 unspecified atom stereocenters. The summed E-state index contributed by atoms with van der Waals surface area (Å²) in [7, 11) is -0.00946. The molecular formula is C17H22N2O5S2. The van der Waals surface area contributed by atoms with Crippen LogP contribution in [0.1, 0.15) is 13.8 Å². The number of carbonyl (C=O) groups excluding carboxylic acids is 1. The van der Waals surface area contributed by atoms with Crippen molar-refractivity contribution in [3.05, 3.63) is 18.2 Å². The van der Waals surface area contributed by atoms with Crippen molar-refractivity contribution < 1.29 is 22.7 Å². The average molecular weight is 399 g/mol. The minimum atomic E-state index is -3.11. The lowest BCUT2D eigenvalue weighted by Crippen LogP contribution is -2.38. The van der Waals surface area contributed by atoms with Gasteiger partial charge in [-0.3, -0.25) is 4.79 Å². The van der Waals surface area contributed by atoms with E-state index >= 15 is 0 Å². The van der Waals surface area contributed by atoms with Crippen LogP contribution in [0.2, 0.25) is 0 Å². The summed E-state index contributed by atoms with van der Waals surface area (Å²) in [5, 5.41) is 0.377. The highest BCUT2D eigenvalue weighted by Gasteiger charge is 2.50. The van der Waals surface area contributed by atoms with Crippen molar-refractivity contribution >= 4 is 38.4 Å². The highest BCUT2D eigenvalue weighted by Crippen LogP contribution is 2.44. The van der Waals surface area contributed by atoms with Gasteiger partial charge in [-0.2, -0.15) is 4.99 Å². The molecule has 2 heterocycles. The molecule has 0 aliphatic carbocycles. The number of hydrogen-bond donors (Lipinski definition) is 0. The molecule has 26 heavy (non-hydrogen) atoms. The SMILES string of the molecule is COc1ccc(N2C(=NC(=O)C(C)C)S[C@H]3CS(=O)(=O)C[C@@H]32)c(OC)c1. The van der Waals surface area contributed by atoms with Crippen LogP contribution in [-0.2, 0) is 14.6 Å². The molecule has 142 valence electrons. The predicted molar refractivity (Wildman–Crippen MR) is 103 cm³/mol. The molecule has 9 heteroatoms. The largest absolute Gasteiger partial charge is 0.497 e. The molecular weight excluding hydrogens is 376 g/mol. The van der Waals surface area contributed by atoms with E-state index in [1.807, 2.05) is 4.90 Å². The summed E-state index contributed by atoms with van der Waals surface area (Å²) >= 11 is 1.35. The normalized spacial score (nSPS) is 25.6. The third kappa shape index (κ3) is 3.55. The number of nitrogens with zero attached hydrogens (tertiary/aromatic N) is 2. The third-order valence-electron chi connectivity index (χ3n) is 4.41. The Kier molecular flexibility index (Phi) is 5.21. The smallest absolute Gasteiger partial charge is 0.250 e. The number of fused-ring (bicyclic) bond motifs is 1. The van der Waals surface area contributed by atoms with Gasteiger partial charge in [-0.05, 0) is 12.1 Å². The maximum Gasteiger partial charge on any atom is 0.250 e. The van der Waals surface area contributed by atoms with Crippen LogP contribution in [0.3, 0.4) is 0 Å². The Morgan fingerprint density at radius 1 is 1.27 bits per heavy atom. The first-order valence-corrected chi connectivity index (χ1v) is 11.0. The summed E-state index contributed by atoms with van der Waals surface area (Å²) in [6.07, 6.45) is 0. The number of amidine groups is 1. The topological polar surface area (TPSA) is 85.3 Å². The molecule has 2 atom stereocenters. The Bertz CT molecular complexity index is 851. The number of aliphatic imine (C=N–C) groups is 1. The first kappa shape index (κ1) is 19.0. The number of thioether (sulfide) groups is 1. The van der Waals surface area contributed by atoms with Crippen molar-refractivity contribution in [3.8, 4) is 11.5 Å². The quantitative estimate of drug-likeness (QED) is 0.766. The third-order valence-corrected chi connectivity index (χ3v) is 7.62. The van der Waals surface area contributed by atoms with E-state index in [-0.39, 0.29) is 34.6 Å². The minimum absolute atomic E-state index is 0.0364. The van der Waals surface area contributed by atoms with E-state index in [2.05, 4.69) is 4.99 Å². The van der Waals surface area contributed by atoms with Crippen LogP contribution < -0.4 is 14.4 Å². The van der Waals surface area contributed by atoms with Crippen LogP contribution in [0, 0.1) is 5.92 Å². The summed E-state index contributed by atoms with van der Waals surface area (Å²) in [4.78, 5) is 18.3. The van der Waals surface area contributed by atoms with Crippen molar-refractivity contribution in [2.24, 2.45) is 10.9 Å². The summed E-state index contributed by atoms with van der Waals surface area (Å²) in [6, 6.07) is 5.05. The molecule has 0 radical (unpaired) electrons. The fraction of sp³-hybridized carbons (Fsp3) is 0.529. The molecule has 0 aromatic heterocycles. The van der Waals surface area contributed by atoms with Crippen molar-refractivity contribution in [2.75, 3.05) is 30.6 Å². The molecule has 1 amide bonds. The second-order valence-corrected chi connectivity index (χ2v) is 9.96. The highest BCUT2D eigenvalue weighted by molar-refractivity contribution is 8.16. The van der Waals surface area contributed by atoms with Gasteiger partial charge in [0.15, 0.2) is 15.0 Å². The maximum atomic E-state index is 12.2. The zero-order valence-electron chi connectivity index (χ0n) is 15.1. The molecule has 2 aliphatic heterocycles. The molecule has 1 aromatic rings. The maximum absolute atomic E-state index is 12.2. The predicted octanol–water partition coefficient (Wildman–Crippen LogP) is 1.96. The van der Waals surface area contributed by atoms with Gasteiger partial charge >= 0.3 is 0 Å². The molecule has 3 rings (SSSR count). The lowest BCUT2D eigenvalue weighted by atomic mass is 10.2. The van der Waals surface area contributed by atoms with E-state index in [0.29, 0.717) is 22.4 Å². The van der Waals surface area contributed by atoms with Crippen LogP contribution in [0.25, 0.3) is 0 Å². The van der Waals surface area contributed by atoms with Gasteiger partial charge < -0.3 is 14.4 Å². The van der Waals surface area contributed by atoms with E-state index < -0.39 is 9.84 Å². The van der Waals surface area contributed by atoms with E-state index in [4.69, 9.17) is 9.47 Å². The van der Waals surface area contributed by atoms with Crippen molar-refractivity contribution in [3.63, 3.8) is 0 Å². The second kappa shape index (κ2) is 7.11. The van der Waals surface area contributed by atoms with E-state index in [1.54, 1.807) is 46.3 Å². The van der Waals surface area contributed by atoms with Gasteiger partial charge in [0.1, 0.15) is 11.5 Å². The number of benzene rings is 1. The van der Waals surface area contributed by atoms with E-state index in [9.17, 15) is 13.2 Å². The number of carbonyl (C=O) groups is 1. The Balaban J connectivity index is 2.08. The molecule has 7 nitrogen and oxygen atoms in total. The van der Waals surface area contributed by atoms with Crippen molar-refractivity contribution in [1.82, 2.24) is 0 Å². The van der Waals surface area contributed by atoms with Gasteiger partial charge in [-0.15, -0.1) is 0 Å². The molecule has 0 spiro atoms. The Labute approximate surface area is 157 Å². The molecule has 0 bridgehead atoms. The highest BCUT2D eigenvalue weighted by atomic mass is 32.2. The molecule has 2 fully saturated rings. The fourth-order valence-corrected chi connectivity index (χ4v) is 6.97. The van der Waals surface area contributed by atoms with Gasteiger partial charge in [0.25, 0.3) is 5.91 Å². The summed E-state index contributed by atoms with van der Waals surface area (Å²) in [6.45, 7) is 3.57. The number of sulfone groups is 1. The van der Waals surface area contributed by atoms with Gasteiger partial charge in [0.05, 0.1) is 37.5 Å². The van der Waals surface area contributed by atoms with Crippen LogP contribution in [0.15, 0.2) is 23.2 Å². The number of ether oxygens (including phenoxy) is 2. The van der Waals surface area contributed by atoms with E-state index in [0.717, 1.165) is 0 Å². The Morgan fingerprint density at radius 2 is 2.00 bits per heavy atom. The molecule has 1 aromatic carbocycles. The Hall–Kier alpha value is -1.74. The zero-order chi connectivity index (χ0) is 19.1. The number of methoxy groups -OCH3 is 2. The van der Waals surface area contributed by atoms with Gasteiger partial charge in [-0.25, -0.2) is 8.42 Å². The average Bonchev–Trinajstić information content (AvgIpc) is 3.05. The number of hydrogen-bond acceptors (Lipinski definition) is 6. The number of anilines is 1. The standard InChI is InChI=1S/C17H22N2O5S2/c1-10(2)16(20)18-17-19(13-8-26(21,22)9-15(13)25-17)12-6-5-11(23-3)7-14(12)24-4/h5-7,10,13,15H,8-9H2,1-4H3/t13-,15-/m0/s1. The summed E-state index contributed by atoms with van der Waals surface area (Å²) in [5.74, 6) is 0.838. The molecule has 2 saturated heterocycles. The lowest BCUT2D eigenvalue weighted by molar-refractivity contribution is -0.120. The van der Waals surface area contributed by atoms with E-state index in [1.165, 1.54) is 11.8 Å².